The minimum absolute atomic E-state index is 0.287. The van der Waals surface area contributed by atoms with Gasteiger partial charge in [-0.15, -0.1) is 0 Å². The summed E-state index contributed by atoms with van der Waals surface area (Å²) in [6.45, 7) is 2.03. The number of rotatable bonds is 6. The molecule has 0 aliphatic rings. The molecule has 2 aromatic heterocycles. The maximum absolute atomic E-state index is 12.7. The SMILES string of the molecule is CNC(=O)[C@@H](C)OC(=O)c1cn(Cc2ccccc2)nc1-c1cccnc1. The van der Waals surface area contributed by atoms with Crippen LogP contribution in [0, 0.1) is 0 Å². The summed E-state index contributed by atoms with van der Waals surface area (Å²) < 4.78 is 6.97. The maximum Gasteiger partial charge on any atom is 0.342 e. The Labute approximate surface area is 157 Å². The Morgan fingerprint density at radius 3 is 2.63 bits per heavy atom. The van der Waals surface area contributed by atoms with Crippen molar-refractivity contribution in [3.63, 3.8) is 0 Å². The quantitative estimate of drug-likeness (QED) is 0.678. The van der Waals surface area contributed by atoms with Gasteiger partial charge in [0.1, 0.15) is 11.3 Å². The Bertz CT molecular complexity index is 923. The molecule has 0 radical (unpaired) electrons. The van der Waals surface area contributed by atoms with Gasteiger partial charge in [-0.3, -0.25) is 14.5 Å². The molecule has 1 N–H and O–H groups in total. The number of nitrogens with one attached hydrogen (secondary N) is 1. The van der Waals surface area contributed by atoms with Crippen molar-refractivity contribution >= 4 is 11.9 Å². The molecule has 1 amide bonds. The molecule has 1 aromatic carbocycles. The molecule has 7 nitrogen and oxygen atoms in total. The zero-order chi connectivity index (χ0) is 19.2. The molecule has 0 aliphatic heterocycles. The average molecular weight is 364 g/mol. The molecule has 0 fully saturated rings. The highest BCUT2D eigenvalue weighted by molar-refractivity contribution is 5.97. The predicted molar refractivity (Wildman–Crippen MR) is 99.9 cm³/mol. The zero-order valence-corrected chi connectivity index (χ0v) is 15.1. The molecule has 2 heterocycles. The summed E-state index contributed by atoms with van der Waals surface area (Å²) in [6.07, 6.45) is 4.01. The van der Waals surface area contributed by atoms with E-state index in [2.05, 4.69) is 15.4 Å². The van der Waals surface area contributed by atoms with Crippen LogP contribution in [0.25, 0.3) is 11.3 Å². The summed E-state index contributed by atoms with van der Waals surface area (Å²) in [5.74, 6) is -0.979. The Kier molecular flexibility index (Phi) is 5.61. The van der Waals surface area contributed by atoms with Crippen LogP contribution in [0.4, 0.5) is 0 Å². The largest absolute Gasteiger partial charge is 0.449 e. The van der Waals surface area contributed by atoms with Gasteiger partial charge in [-0.25, -0.2) is 4.79 Å². The van der Waals surface area contributed by atoms with Crippen molar-refractivity contribution in [1.29, 1.82) is 0 Å². The molecule has 0 bridgehead atoms. The first-order valence-corrected chi connectivity index (χ1v) is 8.53. The van der Waals surface area contributed by atoms with E-state index in [1.165, 1.54) is 14.0 Å². The van der Waals surface area contributed by atoms with E-state index in [1.807, 2.05) is 36.4 Å². The molecule has 0 saturated carbocycles. The first kappa shape index (κ1) is 18.3. The molecule has 7 heteroatoms. The van der Waals surface area contributed by atoms with E-state index in [9.17, 15) is 9.59 Å². The minimum atomic E-state index is -0.901. The van der Waals surface area contributed by atoms with E-state index < -0.39 is 12.1 Å². The number of nitrogens with zero attached hydrogens (tertiary/aromatic N) is 3. The lowest BCUT2D eigenvalue weighted by molar-refractivity contribution is -0.128. The van der Waals surface area contributed by atoms with E-state index in [0.717, 1.165) is 5.56 Å². The summed E-state index contributed by atoms with van der Waals surface area (Å²) >= 11 is 0. The number of hydrogen-bond acceptors (Lipinski definition) is 5. The van der Waals surface area contributed by atoms with Crippen molar-refractivity contribution in [3.8, 4) is 11.3 Å². The summed E-state index contributed by atoms with van der Waals surface area (Å²) in [7, 11) is 1.49. The van der Waals surface area contributed by atoms with Crippen molar-refractivity contribution in [2.24, 2.45) is 0 Å². The van der Waals surface area contributed by atoms with Gasteiger partial charge >= 0.3 is 5.97 Å². The van der Waals surface area contributed by atoms with Gasteiger partial charge in [0, 0.05) is 31.2 Å². The van der Waals surface area contributed by atoms with Crippen LogP contribution >= 0.6 is 0 Å². The first-order valence-electron chi connectivity index (χ1n) is 8.53. The van der Waals surface area contributed by atoms with Gasteiger partial charge in [0.15, 0.2) is 6.10 Å². The smallest absolute Gasteiger partial charge is 0.342 e. The third-order valence-electron chi connectivity index (χ3n) is 4.00. The average Bonchev–Trinajstić information content (AvgIpc) is 3.12. The third kappa shape index (κ3) is 4.38. The molecule has 0 saturated heterocycles. The number of hydrogen-bond donors (Lipinski definition) is 1. The topological polar surface area (TPSA) is 86.1 Å². The van der Waals surface area contributed by atoms with E-state index in [0.29, 0.717) is 17.8 Å². The van der Waals surface area contributed by atoms with E-state index in [1.54, 1.807) is 29.3 Å². The Balaban J connectivity index is 1.93. The summed E-state index contributed by atoms with van der Waals surface area (Å²) in [4.78, 5) is 28.4. The van der Waals surface area contributed by atoms with Crippen LogP contribution in [0.15, 0.2) is 61.1 Å². The highest BCUT2D eigenvalue weighted by Gasteiger charge is 2.23. The van der Waals surface area contributed by atoms with E-state index in [4.69, 9.17) is 4.74 Å². The lowest BCUT2D eigenvalue weighted by atomic mass is 10.1. The number of pyridine rings is 1. The Morgan fingerprint density at radius 1 is 1.19 bits per heavy atom. The van der Waals surface area contributed by atoms with Crippen molar-refractivity contribution in [2.45, 2.75) is 19.6 Å². The number of likely N-dealkylation sites (N-methyl/N-ethyl adjacent to an activating group) is 1. The molecule has 27 heavy (non-hydrogen) atoms. The van der Waals surface area contributed by atoms with Gasteiger partial charge in [-0.05, 0) is 24.6 Å². The van der Waals surface area contributed by atoms with Crippen LogP contribution in [0.3, 0.4) is 0 Å². The molecular formula is C20H20N4O3. The standard InChI is InChI=1S/C20H20N4O3/c1-14(19(25)21-2)27-20(26)17-13-24(12-15-7-4-3-5-8-15)23-18(17)16-9-6-10-22-11-16/h3-11,13-14H,12H2,1-2H3,(H,21,25)/t14-/m1/s1. The normalized spacial score (nSPS) is 11.6. The van der Waals surface area contributed by atoms with Crippen LogP contribution in [-0.4, -0.2) is 39.8 Å². The number of esters is 1. The van der Waals surface area contributed by atoms with Crippen molar-refractivity contribution in [2.75, 3.05) is 7.05 Å². The molecule has 1 atom stereocenters. The fourth-order valence-electron chi connectivity index (χ4n) is 2.62. The number of carbonyl (C=O) groups is 2. The molecule has 138 valence electrons. The minimum Gasteiger partial charge on any atom is -0.449 e. The fourth-order valence-corrected chi connectivity index (χ4v) is 2.62. The second-order valence-corrected chi connectivity index (χ2v) is 5.98. The number of ether oxygens (including phenoxy) is 1. The van der Waals surface area contributed by atoms with E-state index in [-0.39, 0.29) is 11.5 Å². The van der Waals surface area contributed by atoms with Crippen LogP contribution < -0.4 is 5.32 Å². The number of benzene rings is 1. The Hall–Kier alpha value is -3.48. The molecule has 3 rings (SSSR count). The van der Waals surface area contributed by atoms with Gasteiger partial charge in [0.25, 0.3) is 5.91 Å². The van der Waals surface area contributed by atoms with Crippen molar-refractivity contribution in [1.82, 2.24) is 20.1 Å². The molecular weight excluding hydrogens is 344 g/mol. The third-order valence-corrected chi connectivity index (χ3v) is 4.00. The lowest BCUT2D eigenvalue weighted by Crippen LogP contribution is -2.33. The number of amides is 1. The molecule has 3 aromatic rings. The summed E-state index contributed by atoms with van der Waals surface area (Å²) in [5.41, 5.74) is 2.50. The van der Waals surface area contributed by atoms with Crippen LogP contribution in [-0.2, 0) is 16.1 Å². The monoisotopic (exact) mass is 364 g/mol. The second kappa shape index (κ2) is 8.27. The van der Waals surface area contributed by atoms with Gasteiger partial charge in [0.05, 0.1) is 6.54 Å². The highest BCUT2D eigenvalue weighted by Crippen LogP contribution is 2.23. The van der Waals surface area contributed by atoms with Crippen molar-refractivity contribution in [3.05, 3.63) is 72.2 Å². The van der Waals surface area contributed by atoms with Crippen LogP contribution in [0.2, 0.25) is 0 Å². The van der Waals surface area contributed by atoms with Crippen LogP contribution in [0.5, 0.6) is 0 Å². The van der Waals surface area contributed by atoms with Gasteiger partial charge in [-0.2, -0.15) is 5.10 Å². The van der Waals surface area contributed by atoms with Crippen molar-refractivity contribution < 1.29 is 14.3 Å². The van der Waals surface area contributed by atoms with Gasteiger partial charge in [0.2, 0.25) is 0 Å². The summed E-state index contributed by atoms with van der Waals surface area (Å²) in [6, 6.07) is 13.4. The first-order chi connectivity index (χ1) is 13.1. The lowest BCUT2D eigenvalue weighted by Gasteiger charge is -2.11. The number of carbonyl (C=O) groups excluding carboxylic acids is 2. The predicted octanol–water partition coefficient (Wildman–Crippen LogP) is 2.28. The zero-order valence-electron chi connectivity index (χ0n) is 15.1. The fraction of sp³-hybridized carbons (Fsp3) is 0.200. The van der Waals surface area contributed by atoms with Gasteiger partial charge < -0.3 is 10.1 Å². The van der Waals surface area contributed by atoms with E-state index >= 15 is 0 Å². The maximum atomic E-state index is 12.7. The Morgan fingerprint density at radius 2 is 1.96 bits per heavy atom. The highest BCUT2D eigenvalue weighted by atomic mass is 16.5. The molecule has 0 unspecified atom stereocenters. The molecule has 0 aliphatic carbocycles. The van der Waals surface area contributed by atoms with Gasteiger partial charge in [-0.1, -0.05) is 30.3 Å². The molecule has 0 spiro atoms. The number of aromatic nitrogens is 3. The summed E-state index contributed by atoms with van der Waals surface area (Å²) in [5, 5.41) is 7.00. The second-order valence-electron chi connectivity index (χ2n) is 5.98. The van der Waals surface area contributed by atoms with Crippen LogP contribution in [0.1, 0.15) is 22.8 Å².